The van der Waals surface area contributed by atoms with Crippen LogP contribution in [0.15, 0.2) is 0 Å². The number of carbonyl (C=O) groups is 1. The zero-order valence-corrected chi connectivity index (χ0v) is 7.31. The lowest BCUT2D eigenvalue weighted by Gasteiger charge is -2.10. The summed E-state index contributed by atoms with van der Waals surface area (Å²) < 4.78 is 4.69. The standard InChI is InChI=1S/C7H13ClO2/c1-4-10-7(9)6(8)5(2)3/h5-6H,4H2,1-3H3/t6-/m0/s1. The summed E-state index contributed by atoms with van der Waals surface area (Å²) in [6.45, 7) is 5.93. The van der Waals surface area contributed by atoms with Gasteiger partial charge in [-0.2, -0.15) is 0 Å². The van der Waals surface area contributed by atoms with Gasteiger partial charge in [0, 0.05) is 0 Å². The summed E-state index contributed by atoms with van der Waals surface area (Å²) in [5.41, 5.74) is 0. The maximum Gasteiger partial charge on any atom is 0.324 e. The molecule has 0 aromatic heterocycles. The fourth-order valence-electron chi connectivity index (χ4n) is 0.494. The predicted molar refractivity (Wildman–Crippen MR) is 41.1 cm³/mol. The molecule has 60 valence electrons. The van der Waals surface area contributed by atoms with Crippen molar-refractivity contribution in [2.45, 2.75) is 26.1 Å². The third-order valence-electron chi connectivity index (χ3n) is 1.10. The monoisotopic (exact) mass is 164 g/mol. The Morgan fingerprint density at radius 3 is 2.40 bits per heavy atom. The number of alkyl halides is 1. The van der Waals surface area contributed by atoms with Crippen molar-refractivity contribution in [1.82, 2.24) is 0 Å². The van der Waals surface area contributed by atoms with Crippen LogP contribution in [0.5, 0.6) is 0 Å². The van der Waals surface area contributed by atoms with E-state index in [9.17, 15) is 4.79 Å². The van der Waals surface area contributed by atoms with Gasteiger partial charge in [0.15, 0.2) is 0 Å². The number of esters is 1. The average Bonchev–Trinajstić information content (AvgIpc) is 1.87. The highest BCUT2D eigenvalue weighted by Crippen LogP contribution is 2.10. The van der Waals surface area contributed by atoms with Crippen LogP contribution in [0.3, 0.4) is 0 Å². The minimum Gasteiger partial charge on any atom is -0.465 e. The van der Waals surface area contributed by atoms with Crippen LogP contribution >= 0.6 is 11.6 Å². The molecule has 0 aromatic rings. The molecule has 0 aliphatic carbocycles. The van der Waals surface area contributed by atoms with Gasteiger partial charge in [0.25, 0.3) is 0 Å². The van der Waals surface area contributed by atoms with E-state index in [4.69, 9.17) is 16.3 Å². The van der Waals surface area contributed by atoms with Crippen molar-refractivity contribution in [2.75, 3.05) is 6.61 Å². The fourth-order valence-corrected chi connectivity index (χ4v) is 0.557. The SMILES string of the molecule is CCOC(=O)[C@@H](Cl)C(C)C. The predicted octanol–water partition coefficient (Wildman–Crippen LogP) is 1.81. The second-order valence-electron chi connectivity index (χ2n) is 2.40. The quantitative estimate of drug-likeness (QED) is 0.470. The molecule has 0 saturated carbocycles. The van der Waals surface area contributed by atoms with Crippen molar-refractivity contribution in [1.29, 1.82) is 0 Å². The van der Waals surface area contributed by atoms with Gasteiger partial charge in [-0.15, -0.1) is 11.6 Å². The summed E-state index contributed by atoms with van der Waals surface area (Å²) >= 11 is 5.67. The van der Waals surface area contributed by atoms with Crippen LogP contribution in [0.2, 0.25) is 0 Å². The van der Waals surface area contributed by atoms with E-state index in [1.165, 1.54) is 0 Å². The molecule has 0 heterocycles. The molecule has 0 aliphatic rings. The third-order valence-corrected chi connectivity index (χ3v) is 1.78. The zero-order chi connectivity index (χ0) is 8.15. The van der Waals surface area contributed by atoms with Gasteiger partial charge in [0.2, 0.25) is 0 Å². The van der Waals surface area contributed by atoms with E-state index in [0.29, 0.717) is 6.61 Å². The lowest BCUT2D eigenvalue weighted by Crippen LogP contribution is -2.22. The zero-order valence-electron chi connectivity index (χ0n) is 6.56. The molecule has 0 radical (unpaired) electrons. The Bertz CT molecular complexity index is 112. The number of ether oxygens (including phenoxy) is 1. The summed E-state index contributed by atoms with van der Waals surface area (Å²) in [4.78, 5) is 10.8. The number of halogens is 1. The highest BCUT2D eigenvalue weighted by molar-refractivity contribution is 6.30. The highest BCUT2D eigenvalue weighted by atomic mass is 35.5. The van der Waals surface area contributed by atoms with Crippen molar-refractivity contribution in [3.63, 3.8) is 0 Å². The second-order valence-corrected chi connectivity index (χ2v) is 2.87. The van der Waals surface area contributed by atoms with E-state index in [1.807, 2.05) is 13.8 Å². The van der Waals surface area contributed by atoms with Gasteiger partial charge < -0.3 is 4.74 Å². The van der Waals surface area contributed by atoms with Crippen molar-refractivity contribution in [3.05, 3.63) is 0 Å². The summed E-state index contributed by atoms with van der Waals surface area (Å²) in [5, 5.41) is -0.500. The molecule has 0 N–H and O–H groups in total. The molecule has 2 nitrogen and oxygen atoms in total. The van der Waals surface area contributed by atoms with Crippen LogP contribution in [0, 0.1) is 5.92 Å². The number of carbonyl (C=O) groups excluding carboxylic acids is 1. The maximum absolute atomic E-state index is 10.8. The van der Waals surface area contributed by atoms with Crippen LogP contribution < -0.4 is 0 Å². The minimum atomic E-state index is -0.500. The number of hydrogen-bond donors (Lipinski definition) is 0. The van der Waals surface area contributed by atoms with Crippen molar-refractivity contribution < 1.29 is 9.53 Å². The lowest BCUT2D eigenvalue weighted by molar-refractivity contribution is -0.143. The molecule has 0 aliphatic heterocycles. The molecule has 1 atom stereocenters. The first-order valence-electron chi connectivity index (χ1n) is 3.40. The molecule has 0 spiro atoms. The Morgan fingerprint density at radius 1 is 1.60 bits per heavy atom. The number of hydrogen-bond acceptors (Lipinski definition) is 2. The minimum absolute atomic E-state index is 0.140. The summed E-state index contributed by atoms with van der Waals surface area (Å²) in [6, 6.07) is 0. The molecule has 0 unspecified atom stereocenters. The van der Waals surface area contributed by atoms with Crippen LogP contribution in [0.1, 0.15) is 20.8 Å². The molecular weight excluding hydrogens is 152 g/mol. The summed E-state index contributed by atoms with van der Waals surface area (Å²) in [6.07, 6.45) is 0. The first-order chi connectivity index (χ1) is 4.59. The molecule has 0 rings (SSSR count). The van der Waals surface area contributed by atoms with Gasteiger partial charge in [-0.3, -0.25) is 4.79 Å². The fraction of sp³-hybridized carbons (Fsp3) is 0.857. The van der Waals surface area contributed by atoms with Crippen molar-refractivity contribution in [3.8, 4) is 0 Å². The average molecular weight is 165 g/mol. The molecule has 0 bridgehead atoms. The smallest absolute Gasteiger partial charge is 0.324 e. The molecule has 0 amide bonds. The van der Waals surface area contributed by atoms with E-state index in [1.54, 1.807) is 6.92 Å². The topological polar surface area (TPSA) is 26.3 Å². The molecular formula is C7H13ClO2. The van der Waals surface area contributed by atoms with Crippen LogP contribution in [0.4, 0.5) is 0 Å². The van der Waals surface area contributed by atoms with Gasteiger partial charge in [0.05, 0.1) is 6.61 Å². The largest absolute Gasteiger partial charge is 0.465 e. The van der Waals surface area contributed by atoms with Gasteiger partial charge in [-0.25, -0.2) is 0 Å². The highest BCUT2D eigenvalue weighted by Gasteiger charge is 2.19. The first kappa shape index (κ1) is 9.76. The van der Waals surface area contributed by atoms with E-state index in [0.717, 1.165) is 0 Å². The Hall–Kier alpha value is -0.240. The Kier molecular flexibility index (Phi) is 4.45. The third kappa shape index (κ3) is 3.06. The second kappa shape index (κ2) is 4.56. The van der Waals surface area contributed by atoms with Crippen molar-refractivity contribution >= 4 is 17.6 Å². The summed E-state index contributed by atoms with van der Waals surface area (Å²) in [5.74, 6) is -0.181. The maximum atomic E-state index is 10.8. The Labute approximate surface area is 66.5 Å². The van der Waals surface area contributed by atoms with E-state index >= 15 is 0 Å². The van der Waals surface area contributed by atoms with Gasteiger partial charge >= 0.3 is 5.97 Å². The first-order valence-corrected chi connectivity index (χ1v) is 3.84. The van der Waals surface area contributed by atoms with E-state index in [2.05, 4.69) is 0 Å². The van der Waals surface area contributed by atoms with Crippen LogP contribution in [0.25, 0.3) is 0 Å². The molecule has 0 saturated heterocycles. The van der Waals surface area contributed by atoms with E-state index < -0.39 is 5.38 Å². The molecule has 0 aromatic carbocycles. The number of rotatable bonds is 3. The normalized spacial score (nSPS) is 13.3. The van der Waals surface area contributed by atoms with Crippen molar-refractivity contribution in [2.24, 2.45) is 5.92 Å². The van der Waals surface area contributed by atoms with E-state index in [-0.39, 0.29) is 11.9 Å². The molecule has 3 heteroatoms. The van der Waals surface area contributed by atoms with Crippen LogP contribution in [-0.2, 0) is 9.53 Å². The molecule has 10 heavy (non-hydrogen) atoms. The van der Waals surface area contributed by atoms with Gasteiger partial charge in [-0.1, -0.05) is 13.8 Å². The van der Waals surface area contributed by atoms with Crippen LogP contribution in [-0.4, -0.2) is 18.0 Å². The Morgan fingerprint density at radius 2 is 2.10 bits per heavy atom. The molecule has 0 fully saturated rings. The van der Waals surface area contributed by atoms with Gasteiger partial charge in [0.1, 0.15) is 5.38 Å². The summed E-state index contributed by atoms with van der Waals surface area (Å²) in [7, 11) is 0. The lowest BCUT2D eigenvalue weighted by atomic mass is 10.1. The Balaban J connectivity index is 3.71. The van der Waals surface area contributed by atoms with Gasteiger partial charge in [-0.05, 0) is 12.8 Å².